The predicted octanol–water partition coefficient (Wildman–Crippen LogP) is 2.38. The Balaban J connectivity index is 2.00. The van der Waals surface area contributed by atoms with Crippen molar-refractivity contribution in [3.05, 3.63) is 48.4 Å². The molecular formula is C17H19N5O. The number of aryl methyl sites for hydroxylation is 1. The largest absolute Gasteiger partial charge is 0.355 e. The van der Waals surface area contributed by atoms with Crippen molar-refractivity contribution in [2.45, 2.75) is 20.4 Å². The number of aromatic nitrogens is 4. The van der Waals surface area contributed by atoms with E-state index >= 15 is 0 Å². The van der Waals surface area contributed by atoms with Gasteiger partial charge in [0.2, 0.25) is 5.91 Å². The summed E-state index contributed by atoms with van der Waals surface area (Å²) in [7, 11) is 0. The van der Waals surface area contributed by atoms with Crippen LogP contribution in [-0.2, 0) is 11.3 Å². The number of nitrogens with zero attached hydrogens (tertiary/aromatic N) is 3. The molecule has 118 valence electrons. The molecule has 0 aliphatic heterocycles. The highest BCUT2D eigenvalue weighted by Crippen LogP contribution is 2.30. The Labute approximate surface area is 134 Å². The Hall–Kier alpha value is -2.89. The van der Waals surface area contributed by atoms with E-state index in [2.05, 4.69) is 20.5 Å². The zero-order chi connectivity index (χ0) is 16.2. The summed E-state index contributed by atoms with van der Waals surface area (Å²) in [6, 6.07) is 12.0. The third-order valence-electron chi connectivity index (χ3n) is 3.56. The molecule has 0 radical (unpaired) electrons. The molecule has 0 bridgehead atoms. The van der Waals surface area contributed by atoms with Gasteiger partial charge in [0.15, 0.2) is 0 Å². The maximum atomic E-state index is 11.1. The molecule has 2 aromatic heterocycles. The van der Waals surface area contributed by atoms with Gasteiger partial charge in [-0.25, -0.2) is 4.98 Å². The minimum Gasteiger partial charge on any atom is -0.355 e. The lowest BCUT2D eigenvalue weighted by Crippen LogP contribution is -2.24. The molecule has 0 fully saturated rings. The number of hydrogen-bond acceptors (Lipinski definition) is 3. The molecule has 0 aliphatic rings. The molecule has 0 aliphatic carbocycles. The van der Waals surface area contributed by atoms with Crippen LogP contribution < -0.4 is 5.32 Å². The smallest absolute Gasteiger partial charge is 0.216 e. The van der Waals surface area contributed by atoms with E-state index < -0.39 is 0 Å². The predicted molar refractivity (Wildman–Crippen MR) is 88.7 cm³/mol. The summed E-state index contributed by atoms with van der Waals surface area (Å²) in [6.07, 6.45) is 1.80. The van der Waals surface area contributed by atoms with Crippen molar-refractivity contribution < 1.29 is 4.79 Å². The molecule has 1 aromatic carbocycles. The van der Waals surface area contributed by atoms with Gasteiger partial charge in [-0.3, -0.25) is 9.89 Å². The van der Waals surface area contributed by atoms with Crippen molar-refractivity contribution in [2.24, 2.45) is 0 Å². The summed E-state index contributed by atoms with van der Waals surface area (Å²) in [5, 5.41) is 10.2. The van der Waals surface area contributed by atoms with E-state index in [0.29, 0.717) is 13.1 Å². The fraction of sp³-hybridized carbons (Fsp3) is 0.235. The second kappa shape index (κ2) is 6.48. The second-order valence-corrected chi connectivity index (χ2v) is 5.42. The number of benzene rings is 1. The Kier molecular flexibility index (Phi) is 4.23. The third kappa shape index (κ3) is 3.31. The molecule has 2 N–H and O–H groups in total. The quantitative estimate of drug-likeness (QED) is 0.760. The third-order valence-corrected chi connectivity index (χ3v) is 3.56. The lowest BCUT2D eigenvalue weighted by molar-refractivity contribution is -0.118. The Morgan fingerprint density at radius 3 is 2.74 bits per heavy atom. The Morgan fingerprint density at radius 2 is 2.09 bits per heavy atom. The first-order valence-electron chi connectivity index (χ1n) is 7.52. The van der Waals surface area contributed by atoms with Crippen LogP contribution in [0, 0.1) is 6.92 Å². The van der Waals surface area contributed by atoms with Crippen molar-refractivity contribution in [3.63, 3.8) is 0 Å². The number of carbonyl (C=O) groups excluding carboxylic acids is 1. The maximum absolute atomic E-state index is 11.1. The van der Waals surface area contributed by atoms with Crippen LogP contribution in [0.2, 0.25) is 0 Å². The summed E-state index contributed by atoms with van der Waals surface area (Å²) in [4.78, 5) is 15.6. The van der Waals surface area contributed by atoms with Crippen LogP contribution in [0.15, 0.2) is 42.7 Å². The minimum atomic E-state index is -0.0365. The first-order valence-corrected chi connectivity index (χ1v) is 7.52. The number of amides is 1. The van der Waals surface area contributed by atoms with Crippen LogP contribution >= 0.6 is 0 Å². The van der Waals surface area contributed by atoms with Crippen molar-refractivity contribution in [1.29, 1.82) is 0 Å². The van der Waals surface area contributed by atoms with Crippen molar-refractivity contribution in [1.82, 2.24) is 25.1 Å². The zero-order valence-corrected chi connectivity index (χ0v) is 13.2. The molecule has 2 heterocycles. The normalized spacial score (nSPS) is 10.7. The molecule has 0 saturated heterocycles. The van der Waals surface area contributed by atoms with Gasteiger partial charge in [-0.2, -0.15) is 5.10 Å². The first kappa shape index (κ1) is 15.0. The minimum absolute atomic E-state index is 0.0365. The van der Waals surface area contributed by atoms with Crippen LogP contribution in [0.5, 0.6) is 0 Å². The monoisotopic (exact) mass is 309 g/mol. The van der Waals surface area contributed by atoms with E-state index in [0.717, 1.165) is 28.3 Å². The fourth-order valence-corrected chi connectivity index (χ4v) is 2.52. The number of nitrogens with one attached hydrogen (secondary N) is 2. The maximum Gasteiger partial charge on any atom is 0.216 e. The fourth-order valence-electron chi connectivity index (χ4n) is 2.52. The number of carbonyl (C=O) groups is 1. The molecular weight excluding hydrogens is 290 g/mol. The molecule has 3 rings (SSSR count). The molecule has 0 spiro atoms. The van der Waals surface area contributed by atoms with Gasteiger partial charge >= 0.3 is 0 Å². The summed E-state index contributed by atoms with van der Waals surface area (Å²) < 4.78 is 2.02. The first-order chi connectivity index (χ1) is 11.1. The van der Waals surface area contributed by atoms with Crippen LogP contribution in [0.3, 0.4) is 0 Å². The van der Waals surface area contributed by atoms with E-state index in [1.807, 2.05) is 47.9 Å². The van der Waals surface area contributed by atoms with Gasteiger partial charge in [-0.15, -0.1) is 0 Å². The van der Waals surface area contributed by atoms with Crippen molar-refractivity contribution in [2.75, 3.05) is 6.54 Å². The van der Waals surface area contributed by atoms with Gasteiger partial charge in [0, 0.05) is 31.3 Å². The van der Waals surface area contributed by atoms with Gasteiger partial charge in [-0.05, 0) is 13.0 Å². The van der Waals surface area contributed by atoms with Gasteiger partial charge < -0.3 is 9.88 Å². The van der Waals surface area contributed by atoms with E-state index in [1.54, 1.807) is 6.33 Å². The standard InChI is InChI=1S/C17H19N5O/c1-12-10-15(21-20-12)17-16(14-6-4-3-5-7-14)19-11-22(17)9-8-18-13(2)23/h3-7,10-11H,8-9H2,1-2H3,(H,18,23)(H,20,21). The highest BCUT2D eigenvalue weighted by molar-refractivity contribution is 5.77. The number of imidazole rings is 1. The summed E-state index contributed by atoms with van der Waals surface area (Å²) >= 11 is 0. The Morgan fingerprint density at radius 1 is 1.30 bits per heavy atom. The van der Waals surface area contributed by atoms with Crippen LogP contribution in [0.1, 0.15) is 12.6 Å². The molecule has 6 nitrogen and oxygen atoms in total. The average Bonchev–Trinajstić information content (AvgIpc) is 3.14. The van der Waals surface area contributed by atoms with Crippen molar-refractivity contribution in [3.8, 4) is 22.6 Å². The van der Waals surface area contributed by atoms with Gasteiger partial charge in [0.05, 0.1) is 17.7 Å². The number of rotatable bonds is 5. The molecule has 0 unspecified atom stereocenters. The molecule has 0 atom stereocenters. The number of hydrogen-bond donors (Lipinski definition) is 2. The summed E-state index contributed by atoms with van der Waals surface area (Å²) in [6.45, 7) is 4.68. The van der Waals surface area contributed by atoms with Gasteiger partial charge in [0.25, 0.3) is 0 Å². The molecule has 6 heteroatoms. The average molecular weight is 309 g/mol. The van der Waals surface area contributed by atoms with E-state index in [1.165, 1.54) is 6.92 Å². The van der Waals surface area contributed by atoms with Gasteiger partial charge in [0.1, 0.15) is 5.69 Å². The molecule has 0 saturated carbocycles. The highest BCUT2D eigenvalue weighted by atomic mass is 16.1. The topological polar surface area (TPSA) is 75.6 Å². The van der Waals surface area contributed by atoms with Crippen LogP contribution in [-0.4, -0.2) is 32.2 Å². The molecule has 23 heavy (non-hydrogen) atoms. The second-order valence-electron chi connectivity index (χ2n) is 5.42. The Bertz CT molecular complexity index is 804. The highest BCUT2D eigenvalue weighted by Gasteiger charge is 2.17. The lowest BCUT2D eigenvalue weighted by atomic mass is 10.1. The SMILES string of the molecule is CC(=O)NCCn1cnc(-c2ccccc2)c1-c1cc(C)[nH]n1. The van der Waals surface area contributed by atoms with Crippen LogP contribution in [0.4, 0.5) is 0 Å². The summed E-state index contributed by atoms with van der Waals surface area (Å²) in [5.41, 5.74) is 4.72. The number of H-pyrrole nitrogens is 1. The van der Waals surface area contributed by atoms with E-state index in [-0.39, 0.29) is 5.91 Å². The molecule has 1 amide bonds. The van der Waals surface area contributed by atoms with E-state index in [4.69, 9.17) is 0 Å². The van der Waals surface area contributed by atoms with E-state index in [9.17, 15) is 4.79 Å². The molecule has 3 aromatic rings. The van der Waals surface area contributed by atoms with Crippen LogP contribution in [0.25, 0.3) is 22.6 Å². The van der Waals surface area contributed by atoms with Crippen molar-refractivity contribution >= 4 is 5.91 Å². The summed E-state index contributed by atoms with van der Waals surface area (Å²) in [5.74, 6) is -0.0365. The lowest BCUT2D eigenvalue weighted by Gasteiger charge is -2.08. The number of aromatic amines is 1. The zero-order valence-electron chi connectivity index (χ0n) is 13.2. The van der Waals surface area contributed by atoms with Gasteiger partial charge in [-0.1, -0.05) is 30.3 Å².